The molecule has 0 bridgehead atoms. The first-order valence-corrected chi connectivity index (χ1v) is 12.9. The van der Waals surface area contributed by atoms with Gasteiger partial charge in [-0.2, -0.15) is 13.2 Å². The van der Waals surface area contributed by atoms with Crippen molar-refractivity contribution in [2.75, 3.05) is 21.9 Å². The maximum atomic E-state index is 13.6. The van der Waals surface area contributed by atoms with Crippen LogP contribution in [0.5, 0.6) is 5.75 Å². The van der Waals surface area contributed by atoms with E-state index in [1.807, 2.05) is 13.8 Å². The van der Waals surface area contributed by atoms with Gasteiger partial charge >= 0.3 is 12.3 Å². The molecular weight excluding hydrogens is 521 g/mol. The molecule has 14 heteroatoms. The molecule has 4 rings (SSSR count). The quantitative estimate of drug-likeness (QED) is 0.379. The number of fused-ring (bicyclic) bond motifs is 1. The monoisotopic (exact) mass is 542 g/mol. The molecule has 0 aliphatic carbocycles. The van der Waals surface area contributed by atoms with Crippen LogP contribution in [0.15, 0.2) is 52.5 Å². The van der Waals surface area contributed by atoms with Crippen molar-refractivity contribution in [2.24, 2.45) is 0 Å². The third-order valence-corrected chi connectivity index (χ3v) is 8.18. The van der Waals surface area contributed by atoms with E-state index in [0.717, 1.165) is 33.9 Å². The van der Waals surface area contributed by atoms with E-state index in [1.165, 1.54) is 30.0 Å². The van der Waals surface area contributed by atoms with Gasteiger partial charge in [0, 0.05) is 17.1 Å². The molecule has 1 aliphatic heterocycles. The molecule has 192 valence electrons. The van der Waals surface area contributed by atoms with Crippen LogP contribution >= 0.6 is 11.8 Å². The second-order valence-corrected chi connectivity index (χ2v) is 10.8. The van der Waals surface area contributed by atoms with Crippen LogP contribution in [-0.2, 0) is 16.2 Å². The number of aromatic nitrogens is 2. The van der Waals surface area contributed by atoms with Crippen molar-refractivity contribution in [3.63, 3.8) is 0 Å². The largest absolute Gasteiger partial charge is 0.485 e. The summed E-state index contributed by atoms with van der Waals surface area (Å²) in [6, 6.07) is 7.53. The van der Waals surface area contributed by atoms with Crippen molar-refractivity contribution in [2.45, 2.75) is 36.2 Å². The number of sulfonamides is 1. The molecule has 0 radical (unpaired) electrons. The van der Waals surface area contributed by atoms with E-state index in [9.17, 15) is 26.4 Å². The highest BCUT2D eigenvalue weighted by molar-refractivity contribution is 7.99. The van der Waals surface area contributed by atoms with Gasteiger partial charge in [0.1, 0.15) is 11.9 Å². The summed E-state index contributed by atoms with van der Waals surface area (Å²) in [5.74, 6) is 0.431. The molecule has 1 unspecified atom stereocenters. The lowest BCUT2D eigenvalue weighted by atomic mass is 10.2. The first kappa shape index (κ1) is 25.7. The number of carbonyl (C=O) groups is 1. The number of amides is 1. The number of imidazole rings is 1. The molecule has 36 heavy (non-hydrogen) atoms. The van der Waals surface area contributed by atoms with Crippen molar-refractivity contribution >= 4 is 39.3 Å². The maximum Gasteiger partial charge on any atom is 0.416 e. The Labute approximate surface area is 208 Å². The number of rotatable bonds is 6. The number of ether oxygens (including phenoxy) is 1. The Balaban J connectivity index is 1.71. The summed E-state index contributed by atoms with van der Waals surface area (Å²) in [7, 11) is -4.48. The smallest absolute Gasteiger partial charge is 0.416 e. The van der Waals surface area contributed by atoms with Crippen molar-refractivity contribution < 1.29 is 36.2 Å². The average Bonchev–Trinajstić information content (AvgIpc) is 3.13. The normalized spacial score (nSPS) is 15.8. The molecule has 0 saturated heterocycles. The Kier molecular flexibility index (Phi) is 6.84. The number of aryl methyl sites for hydroxylation is 2. The summed E-state index contributed by atoms with van der Waals surface area (Å²) in [6.45, 7) is 3.50. The minimum absolute atomic E-state index is 0.00426. The van der Waals surface area contributed by atoms with Gasteiger partial charge in [0.2, 0.25) is 0 Å². The number of halogens is 3. The van der Waals surface area contributed by atoms with Crippen LogP contribution in [0.2, 0.25) is 0 Å². The second-order valence-electron chi connectivity index (χ2n) is 7.98. The number of nitrogens with one attached hydrogen (secondary N) is 2. The van der Waals surface area contributed by atoms with E-state index in [1.54, 1.807) is 0 Å². The summed E-state index contributed by atoms with van der Waals surface area (Å²) in [5, 5.41) is 11.8. The minimum atomic E-state index is -4.73. The number of hydrogen-bond acceptors (Lipinski definition) is 6. The fraction of sp³-hybridized carbons (Fsp3) is 0.273. The molecule has 0 spiro atoms. The van der Waals surface area contributed by atoms with Gasteiger partial charge < -0.3 is 14.8 Å². The highest BCUT2D eigenvalue weighted by Gasteiger charge is 2.37. The number of alkyl halides is 3. The van der Waals surface area contributed by atoms with E-state index in [0.29, 0.717) is 11.2 Å². The fourth-order valence-electron chi connectivity index (χ4n) is 3.54. The van der Waals surface area contributed by atoms with Crippen LogP contribution in [0.3, 0.4) is 0 Å². The lowest BCUT2D eigenvalue weighted by Gasteiger charge is -2.35. The summed E-state index contributed by atoms with van der Waals surface area (Å²) >= 11 is 1.31. The zero-order chi connectivity index (χ0) is 26.3. The van der Waals surface area contributed by atoms with Gasteiger partial charge in [0.05, 0.1) is 28.4 Å². The molecule has 1 atom stereocenters. The first-order valence-electron chi connectivity index (χ1n) is 10.5. The Morgan fingerprint density at radius 1 is 1.28 bits per heavy atom. The summed E-state index contributed by atoms with van der Waals surface area (Å²) in [5.41, 5.74) is 0.682. The van der Waals surface area contributed by atoms with Gasteiger partial charge in [-0.05, 0) is 50.2 Å². The van der Waals surface area contributed by atoms with Crippen LogP contribution in [0, 0.1) is 13.8 Å². The highest BCUT2D eigenvalue weighted by atomic mass is 32.2. The fourth-order valence-corrected chi connectivity index (χ4v) is 6.03. The Morgan fingerprint density at radius 2 is 2.03 bits per heavy atom. The molecule has 2 aromatic carbocycles. The molecule has 3 N–H and O–H groups in total. The van der Waals surface area contributed by atoms with Gasteiger partial charge in [0.15, 0.2) is 5.16 Å². The summed E-state index contributed by atoms with van der Waals surface area (Å²) < 4.78 is 73.8. The van der Waals surface area contributed by atoms with E-state index >= 15 is 0 Å². The predicted molar refractivity (Wildman–Crippen MR) is 127 cm³/mol. The van der Waals surface area contributed by atoms with Gasteiger partial charge in [-0.1, -0.05) is 17.8 Å². The Bertz CT molecular complexity index is 1390. The molecule has 3 aromatic rings. The van der Waals surface area contributed by atoms with Crippen molar-refractivity contribution in [3.05, 3.63) is 59.4 Å². The Morgan fingerprint density at radius 3 is 2.67 bits per heavy atom. The molecule has 2 heterocycles. The molecule has 0 saturated carbocycles. The number of H-pyrrole nitrogens is 1. The van der Waals surface area contributed by atoms with Gasteiger partial charge in [-0.3, -0.25) is 9.62 Å². The Hall–Kier alpha value is -3.39. The lowest BCUT2D eigenvalue weighted by Crippen LogP contribution is -2.44. The second kappa shape index (κ2) is 9.58. The average molecular weight is 543 g/mol. The van der Waals surface area contributed by atoms with Gasteiger partial charge in [0.25, 0.3) is 10.0 Å². The number of nitrogens with zero attached hydrogens (tertiary/aromatic N) is 2. The van der Waals surface area contributed by atoms with E-state index in [2.05, 4.69) is 15.3 Å². The van der Waals surface area contributed by atoms with Crippen LogP contribution in [0.25, 0.3) is 0 Å². The number of thioether (sulfide) groups is 1. The van der Waals surface area contributed by atoms with Crippen molar-refractivity contribution in [1.82, 2.24) is 9.97 Å². The van der Waals surface area contributed by atoms with Crippen LogP contribution in [-0.4, -0.2) is 48.0 Å². The molecule has 1 aliphatic rings. The standard InChI is InChI=1S/C22H21F3N4O5S2/c1-12-13(2)27-20(26-12)35-11-16-10-29(18-9-15(28-21(30)31)6-7-19(18)34-16)36(32,33)17-5-3-4-14(8-17)22(23,24)25/h3-9,16,28H,10-11H2,1-2H3,(H,26,27)(H,30,31). The SMILES string of the molecule is Cc1nc(SCC2CN(S(=O)(=O)c3cccc(C(F)(F)F)c3)c3cc(NC(=O)O)ccc3O2)[nH]c1C. The van der Waals surface area contributed by atoms with Gasteiger partial charge in [-0.25, -0.2) is 18.2 Å². The number of hydrogen-bond donors (Lipinski definition) is 3. The molecule has 1 amide bonds. The van der Waals surface area contributed by atoms with Crippen molar-refractivity contribution in [3.8, 4) is 5.75 Å². The third-order valence-electron chi connectivity index (χ3n) is 5.40. The van der Waals surface area contributed by atoms with E-state index in [-0.39, 0.29) is 29.4 Å². The molecule has 0 fully saturated rings. The van der Waals surface area contributed by atoms with Crippen LogP contribution < -0.4 is 14.4 Å². The maximum absolute atomic E-state index is 13.6. The summed E-state index contributed by atoms with van der Waals surface area (Å²) in [6.07, 6.45) is -6.77. The predicted octanol–water partition coefficient (Wildman–Crippen LogP) is 4.88. The first-order chi connectivity index (χ1) is 16.8. The number of benzene rings is 2. The zero-order valence-electron chi connectivity index (χ0n) is 19.0. The van der Waals surface area contributed by atoms with E-state index < -0.39 is 38.9 Å². The third kappa shape index (κ3) is 5.38. The highest BCUT2D eigenvalue weighted by Crippen LogP contribution is 2.40. The molecule has 1 aromatic heterocycles. The minimum Gasteiger partial charge on any atom is -0.485 e. The van der Waals surface area contributed by atoms with Crippen molar-refractivity contribution in [1.29, 1.82) is 0 Å². The molecule has 9 nitrogen and oxygen atoms in total. The number of aromatic amines is 1. The van der Waals surface area contributed by atoms with Crippen LogP contribution in [0.4, 0.5) is 29.3 Å². The van der Waals surface area contributed by atoms with Gasteiger partial charge in [-0.15, -0.1) is 0 Å². The number of carboxylic acid groups (broad SMARTS) is 1. The zero-order valence-corrected chi connectivity index (χ0v) is 20.6. The topological polar surface area (TPSA) is 125 Å². The summed E-state index contributed by atoms with van der Waals surface area (Å²) in [4.78, 5) is 18.0. The van der Waals surface area contributed by atoms with Crippen LogP contribution in [0.1, 0.15) is 17.0 Å². The van der Waals surface area contributed by atoms with E-state index in [4.69, 9.17) is 9.84 Å². The lowest BCUT2D eigenvalue weighted by molar-refractivity contribution is -0.137. The molecular formula is C22H21F3N4O5S2. The number of anilines is 2.